The SMILES string of the molecule is Clc1ccc(Nc2ccnc3ccc(Cl)cc23)cc1. The third-order valence-corrected chi connectivity index (χ3v) is 3.31. The normalized spacial score (nSPS) is 10.6. The molecule has 0 unspecified atom stereocenters. The van der Waals surface area contributed by atoms with Gasteiger partial charge in [0.2, 0.25) is 0 Å². The van der Waals surface area contributed by atoms with E-state index in [2.05, 4.69) is 10.3 Å². The van der Waals surface area contributed by atoms with E-state index in [4.69, 9.17) is 23.2 Å². The molecule has 3 rings (SSSR count). The van der Waals surface area contributed by atoms with Gasteiger partial charge >= 0.3 is 0 Å². The first kappa shape index (κ1) is 12.3. The lowest BCUT2D eigenvalue weighted by Crippen LogP contribution is -1.92. The Bertz CT molecular complexity index is 724. The lowest BCUT2D eigenvalue weighted by molar-refractivity contribution is 1.40. The van der Waals surface area contributed by atoms with Crippen molar-refractivity contribution in [3.8, 4) is 0 Å². The first-order chi connectivity index (χ1) is 9.22. The smallest absolute Gasteiger partial charge is 0.0723 e. The summed E-state index contributed by atoms with van der Waals surface area (Å²) in [5.41, 5.74) is 2.84. The third-order valence-electron chi connectivity index (χ3n) is 2.83. The van der Waals surface area contributed by atoms with Gasteiger partial charge in [0.1, 0.15) is 0 Å². The first-order valence-corrected chi connectivity index (χ1v) is 6.55. The fourth-order valence-electron chi connectivity index (χ4n) is 1.92. The molecule has 0 aliphatic heterocycles. The minimum atomic E-state index is 0.694. The van der Waals surface area contributed by atoms with E-state index in [1.54, 1.807) is 6.20 Å². The molecule has 0 atom stereocenters. The maximum atomic E-state index is 6.04. The van der Waals surface area contributed by atoms with E-state index in [9.17, 15) is 0 Å². The van der Waals surface area contributed by atoms with Crippen LogP contribution in [0, 0.1) is 0 Å². The average Bonchev–Trinajstić information content (AvgIpc) is 2.42. The quantitative estimate of drug-likeness (QED) is 0.693. The molecule has 1 aromatic heterocycles. The highest BCUT2D eigenvalue weighted by molar-refractivity contribution is 6.31. The second-order valence-electron chi connectivity index (χ2n) is 4.15. The number of benzene rings is 2. The molecule has 0 aliphatic rings. The fraction of sp³-hybridized carbons (Fsp3) is 0. The van der Waals surface area contributed by atoms with Gasteiger partial charge in [-0.25, -0.2) is 0 Å². The molecule has 0 spiro atoms. The first-order valence-electron chi connectivity index (χ1n) is 5.79. The van der Waals surface area contributed by atoms with Crippen LogP contribution in [0.2, 0.25) is 10.0 Å². The Morgan fingerprint density at radius 1 is 0.842 bits per heavy atom. The summed E-state index contributed by atoms with van der Waals surface area (Å²) in [5, 5.41) is 5.74. The molecule has 3 aromatic rings. The van der Waals surface area contributed by atoms with Gasteiger partial charge < -0.3 is 5.32 Å². The Morgan fingerprint density at radius 3 is 2.37 bits per heavy atom. The second kappa shape index (κ2) is 5.08. The van der Waals surface area contributed by atoms with Gasteiger partial charge in [-0.05, 0) is 48.5 Å². The molecule has 19 heavy (non-hydrogen) atoms. The molecule has 94 valence electrons. The molecular formula is C15H10Cl2N2. The number of hydrogen-bond donors (Lipinski definition) is 1. The lowest BCUT2D eigenvalue weighted by atomic mass is 10.2. The van der Waals surface area contributed by atoms with Gasteiger partial charge in [-0.15, -0.1) is 0 Å². The predicted molar refractivity (Wildman–Crippen MR) is 81.5 cm³/mol. The molecule has 4 heteroatoms. The Balaban J connectivity index is 2.05. The highest BCUT2D eigenvalue weighted by atomic mass is 35.5. The summed E-state index contributed by atoms with van der Waals surface area (Å²) in [7, 11) is 0. The molecule has 1 heterocycles. The van der Waals surface area contributed by atoms with Crippen molar-refractivity contribution in [1.82, 2.24) is 4.98 Å². The van der Waals surface area contributed by atoms with Crippen molar-refractivity contribution in [1.29, 1.82) is 0 Å². The number of halogens is 2. The Morgan fingerprint density at radius 2 is 1.58 bits per heavy atom. The summed E-state index contributed by atoms with van der Waals surface area (Å²) in [6.07, 6.45) is 1.77. The Labute approximate surface area is 121 Å². The molecule has 0 saturated carbocycles. The monoisotopic (exact) mass is 288 g/mol. The summed E-state index contributed by atoms with van der Waals surface area (Å²) in [6, 6.07) is 15.1. The topological polar surface area (TPSA) is 24.9 Å². The van der Waals surface area contributed by atoms with Crippen molar-refractivity contribution in [2.45, 2.75) is 0 Å². The summed E-state index contributed by atoms with van der Waals surface area (Å²) in [5.74, 6) is 0. The molecule has 0 saturated heterocycles. The number of anilines is 2. The molecule has 0 amide bonds. The van der Waals surface area contributed by atoms with Crippen LogP contribution in [0.15, 0.2) is 54.7 Å². The van der Waals surface area contributed by atoms with E-state index in [0.717, 1.165) is 22.3 Å². The van der Waals surface area contributed by atoms with Crippen molar-refractivity contribution in [2.24, 2.45) is 0 Å². The molecule has 0 aliphatic carbocycles. The zero-order valence-electron chi connectivity index (χ0n) is 9.90. The van der Waals surface area contributed by atoms with Crippen LogP contribution in [-0.4, -0.2) is 4.98 Å². The van der Waals surface area contributed by atoms with Crippen LogP contribution in [-0.2, 0) is 0 Å². The van der Waals surface area contributed by atoms with Gasteiger partial charge in [0.25, 0.3) is 0 Å². The Hall–Kier alpha value is -1.77. The van der Waals surface area contributed by atoms with Crippen LogP contribution in [0.3, 0.4) is 0 Å². The number of nitrogens with one attached hydrogen (secondary N) is 1. The summed E-state index contributed by atoms with van der Waals surface area (Å²) in [4.78, 5) is 4.32. The van der Waals surface area contributed by atoms with Crippen molar-refractivity contribution in [3.63, 3.8) is 0 Å². The largest absolute Gasteiger partial charge is 0.355 e. The summed E-state index contributed by atoms with van der Waals surface area (Å²) >= 11 is 11.9. The average molecular weight is 289 g/mol. The van der Waals surface area contributed by atoms with Crippen molar-refractivity contribution in [2.75, 3.05) is 5.32 Å². The molecule has 0 fully saturated rings. The van der Waals surface area contributed by atoms with Crippen LogP contribution >= 0.6 is 23.2 Å². The van der Waals surface area contributed by atoms with Crippen LogP contribution in [0.5, 0.6) is 0 Å². The second-order valence-corrected chi connectivity index (χ2v) is 5.02. The molecule has 0 radical (unpaired) electrons. The highest BCUT2D eigenvalue weighted by Crippen LogP contribution is 2.27. The molecule has 2 aromatic carbocycles. The standard InChI is InChI=1S/C15H10Cl2N2/c16-10-1-4-12(5-2-10)19-15-7-8-18-14-6-3-11(17)9-13(14)15/h1-9H,(H,18,19). The number of aromatic nitrogens is 1. The number of rotatable bonds is 2. The number of pyridine rings is 1. The van der Waals surface area contributed by atoms with Gasteiger partial charge in [-0.2, -0.15) is 0 Å². The van der Waals surface area contributed by atoms with Crippen molar-refractivity contribution in [3.05, 3.63) is 64.8 Å². The van der Waals surface area contributed by atoms with E-state index in [-0.39, 0.29) is 0 Å². The van der Waals surface area contributed by atoms with Crippen molar-refractivity contribution >= 4 is 45.5 Å². The minimum absolute atomic E-state index is 0.694. The van der Waals surface area contributed by atoms with Gasteiger partial charge in [-0.3, -0.25) is 4.98 Å². The van der Waals surface area contributed by atoms with Gasteiger partial charge in [-0.1, -0.05) is 23.2 Å². The maximum Gasteiger partial charge on any atom is 0.0723 e. The molecular weight excluding hydrogens is 279 g/mol. The van der Waals surface area contributed by atoms with E-state index >= 15 is 0 Å². The highest BCUT2D eigenvalue weighted by Gasteiger charge is 2.03. The number of nitrogens with zero attached hydrogens (tertiary/aromatic N) is 1. The van der Waals surface area contributed by atoms with Gasteiger partial charge in [0.05, 0.1) is 5.52 Å². The third kappa shape index (κ3) is 2.65. The number of fused-ring (bicyclic) bond motifs is 1. The zero-order chi connectivity index (χ0) is 13.2. The van der Waals surface area contributed by atoms with Crippen LogP contribution in [0.25, 0.3) is 10.9 Å². The van der Waals surface area contributed by atoms with Gasteiger partial charge in [0, 0.05) is 33.0 Å². The van der Waals surface area contributed by atoms with Crippen molar-refractivity contribution < 1.29 is 0 Å². The van der Waals surface area contributed by atoms with E-state index < -0.39 is 0 Å². The summed E-state index contributed by atoms with van der Waals surface area (Å²) < 4.78 is 0. The van der Waals surface area contributed by atoms with E-state index in [0.29, 0.717) is 10.0 Å². The summed E-state index contributed by atoms with van der Waals surface area (Å²) in [6.45, 7) is 0. The Kier molecular flexibility index (Phi) is 3.28. The lowest BCUT2D eigenvalue weighted by Gasteiger charge is -2.09. The van der Waals surface area contributed by atoms with E-state index in [1.165, 1.54) is 0 Å². The van der Waals surface area contributed by atoms with Gasteiger partial charge in [0.15, 0.2) is 0 Å². The maximum absolute atomic E-state index is 6.04. The molecule has 1 N–H and O–H groups in total. The van der Waals surface area contributed by atoms with Crippen LogP contribution < -0.4 is 5.32 Å². The molecule has 0 bridgehead atoms. The fourth-order valence-corrected chi connectivity index (χ4v) is 2.21. The zero-order valence-corrected chi connectivity index (χ0v) is 11.4. The predicted octanol–water partition coefficient (Wildman–Crippen LogP) is 5.29. The van der Waals surface area contributed by atoms with Crippen LogP contribution in [0.4, 0.5) is 11.4 Å². The number of hydrogen-bond acceptors (Lipinski definition) is 2. The van der Waals surface area contributed by atoms with Crippen LogP contribution in [0.1, 0.15) is 0 Å². The molecule has 2 nitrogen and oxygen atoms in total. The van der Waals surface area contributed by atoms with E-state index in [1.807, 2.05) is 48.5 Å². The minimum Gasteiger partial charge on any atom is -0.355 e.